The highest BCUT2D eigenvalue weighted by molar-refractivity contribution is 7.06. The Kier molecular flexibility index (Phi) is 2.39. The number of hydrogen-bond donors (Lipinski definition) is 0. The van der Waals surface area contributed by atoms with Crippen molar-refractivity contribution in [1.82, 2.24) is 4.37 Å². The van der Waals surface area contributed by atoms with E-state index in [0.29, 0.717) is 6.42 Å². The lowest BCUT2D eigenvalue weighted by Gasteiger charge is -1.94. The number of carbonyl (C=O) groups is 1. The fourth-order valence-corrected chi connectivity index (χ4v) is 1.78. The Balaban J connectivity index is 3.10. The summed E-state index contributed by atoms with van der Waals surface area (Å²) >= 11 is 1.40. The Morgan fingerprint density at radius 3 is 2.55 bits per heavy atom. The van der Waals surface area contributed by atoms with E-state index in [1.807, 2.05) is 20.8 Å². The summed E-state index contributed by atoms with van der Waals surface area (Å²) < 4.78 is 4.11. The average molecular weight is 169 g/mol. The molecule has 1 heterocycles. The second kappa shape index (κ2) is 3.13. The van der Waals surface area contributed by atoms with E-state index in [4.69, 9.17) is 0 Å². The maximum absolute atomic E-state index is 11.3. The van der Waals surface area contributed by atoms with Gasteiger partial charge in [-0.05, 0) is 25.4 Å². The maximum atomic E-state index is 11.3. The van der Waals surface area contributed by atoms with Gasteiger partial charge in [0.1, 0.15) is 0 Å². The highest BCUT2D eigenvalue weighted by Gasteiger charge is 2.12. The largest absolute Gasteiger partial charge is 0.294 e. The number of ketones is 1. The van der Waals surface area contributed by atoms with Crippen LogP contribution in [0.2, 0.25) is 0 Å². The summed E-state index contributed by atoms with van der Waals surface area (Å²) in [4.78, 5) is 12.3. The monoisotopic (exact) mass is 169 g/mol. The maximum Gasteiger partial charge on any atom is 0.165 e. The highest BCUT2D eigenvalue weighted by atomic mass is 32.1. The van der Waals surface area contributed by atoms with Crippen LogP contribution in [0.15, 0.2) is 0 Å². The van der Waals surface area contributed by atoms with Crippen LogP contribution in [0.5, 0.6) is 0 Å². The van der Waals surface area contributed by atoms with Crippen molar-refractivity contribution in [3.8, 4) is 0 Å². The first-order valence-corrected chi connectivity index (χ1v) is 4.40. The van der Waals surface area contributed by atoms with Gasteiger partial charge < -0.3 is 0 Å². The first-order chi connectivity index (χ1) is 5.16. The van der Waals surface area contributed by atoms with Crippen molar-refractivity contribution in [2.75, 3.05) is 0 Å². The molecule has 0 spiro atoms. The first kappa shape index (κ1) is 8.40. The van der Waals surface area contributed by atoms with Gasteiger partial charge in [0.25, 0.3) is 0 Å². The predicted molar refractivity (Wildman–Crippen MR) is 46.2 cm³/mol. The van der Waals surface area contributed by atoms with Crippen molar-refractivity contribution in [3.05, 3.63) is 16.1 Å². The molecule has 0 aliphatic carbocycles. The van der Waals surface area contributed by atoms with Gasteiger partial charge in [-0.3, -0.25) is 4.79 Å². The number of hydrogen-bond acceptors (Lipinski definition) is 3. The Morgan fingerprint density at radius 2 is 2.18 bits per heavy atom. The molecule has 0 amide bonds. The third-order valence-electron chi connectivity index (χ3n) is 1.63. The third kappa shape index (κ3) is 1.48. The second-order valence-electron chi connectivity index (χ2n) is 2.48. The summed E-state index contributed by atoms with van der Waals surface area (Å²) in [6.07, 6.45) is 0.570. The zero-order valence-corrected chi connectivity index (χ0v) is 7.79. The molecule has 1 aromatic heterocycles. The molecule has 0 bridgehead atoms. The molecule has 0 saturated carbocycles. The zero-order valence-electron chi connectivity index (χ0n) is 6.97. The third-order valence-corrected chi connectivity index (χ3v) is 2.48. The molecule has 0 unspecified atom stereocenters. The lowest BCUT2D eigenvalue weighted by molar-refractivity contribution is 0.0987. The average Bonchev–Trinajstić information content (AvgIpc) is 2.30. The SMILES string of the molecule is CCC(=O)c1c(C)nsc1C. The van der Waals surface area contributed by atoms with Crippen molar-refractivity contribution in [1.29, 1.82) is 0 Å². The van der Waals surface area contributed by atoms with Gasteiger partial charge in [0.15, 0.2) is 5.78 Å². The van der Waals surface area contributed by atoms with E-state index in [2.05, 4.69) is 4.37 Å². The first-order valence-electron chi connectivity index (χ1n) is 3.63. The number of rotatable bonds is 2. The van der Waals surface area contributed by atoms with E-state index < -0.39 is 0 Å². The van der Waals surface area contributed by atoms with Gasteiger partial charge in [-0.25, -0.2) is 0 Å². The van der Waals surface area contributed by atoms with E-state index in [1.54, 1.807) is 0 Å². The fraction of sp³-hybridized carbons (Fsp3) is 0.500. The minimum Gasteiger partial charge on any atom is -0.294 e. The summed E-state index contributed by atoms with van der Waals surface area (Å²) in [7, 11) is 0. The number of carbonyl (C=O) groups excluding carboxylic acids is 1. The molecular weight excluding hydrogens is 158 g/mol. The summed E-state index contributed by atoms with van der Waals surface area (Å²) in [5.74, 6) is 0.203. The Morgan fingerprint density at radius 1 is 1.55 bits per heavy atom. The number of aromatic nitrogens is 1. The molecule has 0 atom stereocenters. The van der Waals surface area contributed by atoms with Crippen molar-refractivity contribution < 1.29 is 4.79 Å². The van der Waals surface area contributed by atoms with Crippen LogP contribution in [0.1, 0.15) is 34.3 Å². The van der Waals surface area contributed by atoms with Crippen molar-refractivity contribution in [3.63, 3.8) is 0 Å². The van der Waals surface area contributed by atoms with Crippen molar-refractivity contribution >= 4 is 17.3 Å². The van der Waals surface area contributed by atoms with Gasteiger partial charge in [-0.2, -0.15) is 4.37 Å². The topological polar surface area (TPSA) is 30.0 Å². The minimum atomic E-state index is 0.203. The molecule has 0 fully saturated rings. The summed E-state index contributed by atoms with van der Waals surface area (Å²) in [6.45, 7) is 5.69. The standard InChI is InChI=1S/C8H11NOS/c1-4-7(10)8-5(2)9-11-6(8)3/h4H2,1-3H3. The molecule has 0 aliphatic rings. The molecule has 11 heavy (non-hydrogen) atoms. The lowest BCUT2D eigenvalue weighted by Crippen LogP contribution is -1.98. The van der Waals surface area contributed by atoms with Crippen LogP contribution in [-0.2, 0) is 0 Å². The fourth-order valence-electron chi connectivity index (χ4n) is 1.06. The van der Waals surface area contributed by atoms with Gasteiger partial charge in [-0.15, -0.1) is 0 Å². The minimum absolute atomic E-state index is 0.203. The highest BCUT2D eigenvalue weighted by Crippen LogP contribution is 2.18. The van der Waals surface area contributed by atoms with Crippen LogP contribution < -0.4 is 0 Å². The smallest absolute Gasteiger partial charge is 0.165 e. The Labute approximate surface area is 70.4 Å². The van der Waals surface area contributed by atoms with Crippen molar-refractivity contribution in [2.24, 2.45) is 0 Å². The van der Waals surface area contributed by atoms with Crippen LogP contribution in [0.4, 0.5) is 0 Å². The molecule has 1 rings (SSSR count). The van der Waals surface area contributed by atoms with Gasteiger partial charge in [-0.1, -0.05) is 6.92 Å². The molecule has 3 heteroatoms. The quantitative estimate of drug-likeness (QED) is 0.636. The molecular formula is C8H11NOS. The molecule has 0 aliphatic heterocycles. The molecule has 0 saturated heterocycles. The second-order valence-corrected chi connectivity index (χ2v) is 3.45. The Hall–Kier alpha value is -0.700. The Bertz CT molecular complexity index is 258. The van der Waals surface area contributed by atoms with Crippen LogP contribution in [0.25, 0.3) is 0 Å². The van der Waals surface area contributed by atoms with E-state index in [9.17, 15) is 4.79 Å². The van der Waals surface area contributed by atoms with E-state index >= 15 is 0 Å². The van der Waals surface area contributed by atoms with Gasteiger partial charge in [0, 0.05) is 11.3 Å². The van der Waals surface area contributed by atoms with Gasteiger partial charge in [0.2, 0.25) is 0 Å². The van der Waals surface area contributed by atoms with Gasteiger partial charge in [0.05, 0.1) is 11.3 Å². The molecule has 60 valence electrons. The molecule has 1 aromatic rings. The van der Waals surface area contributed by atoms with E-state index in [0.717, 1.165) is 16.1 Å². The lowest BCUT2D eigenvalue weighted by atomic mass is 10.1. The molecule has 0 radical (unpaired) electrons. The predicted octanol–water partition coefficient (Wildman–Crippen LogP) is 2.35. The normalized spacial score (nSPS) is 10.1. The number of nitrogens with zero attached hydrogens (tertiary/aromatic N) is 1. The van der Waals surface area contributed by atoms with Crippen molar-refractivity contribution in [2.45, 2.75) is 27.2 Å². The number of aryl methyl sites for hydroxylation is 2. The van der Waals surface area contributed by atoms with E-state index in [1.165, 1.54) is 11.5 Å². The summed E-state index contributed by atoms with van der Waals surface area (Å²) in [5, 5.41) is 0. The molecule has 0 aromatic carbocycles. The van der Waals surface area contributed by atoms with Crippen LogP contribution >= 0.6 is 11.5 Å². The summed E-state index contributed by atoms with van der Waals surface area (Å²) in [5.41, 5.74) is 1.71. The van der Waals surface area contributed by atoms with E-state index in [-0.39, 0.29) is 5.78 Å². The number of Topliss-reactive ketones (excluding diaryl/α,β-unsaturated/α-hetero) is 1. The van der Waals surface area contributed by atoms with Crippen LogP contribution in [0.3, 0.4) is 0 Å². The summed E-state index contributed by atoms with van der Waals surface area (Å²) in [6, 6.07) is 0. The van der Waals surface area contributed by atoms with Crippen LogP contribution in [-0.4, -0.2) is 10.2 Å². The van der Waals surface area contributed by atoms with Gasteiger partial charge >= 0.3 is 0 Å². The molecule has 0 N–H and O–H groups in total. The van der Waals surface area contributed by atoms with Crippen LogP contribution in [0, 0.1) is 13.8 Å². The molecule has 2 nitrogen and oxygen atoms in total. The zero-order chi connectivity index (χ0) is 8.43.